The van der Waals surface area contributed by atoms with E-state index in [0.717, 1.165) is 30.6 Å². The molecular weight excluding hydrogens is 344 g/mol. The first-order valence-electron chi connectivity index (χ1n) is 10.9. The molecule has 0 fully saturated rings. The molecule has 1 aliphatic heterocycles. The van der Waals surface area contributed by atoms with E-state index < -0.39 is 0 Å². The highest BCUT2D eigenvalue weighted by Gasteiger charge is 2.33. The largest absolute Gasteiger partial charge is 0.378 e. The van der Waals surface area contributed by atoms with Crippen LogP contribution in [0, 0.1) is 0 Å². The van der Waals surface area contributed by atoms with Crippen LogP contribution in [0.15, 0.2) is 54.6 Å². The topological polar surface area (TPSA) is 32.3 Å². The predicted molar refractivity (Wildman–Crippen MR) is 119 cm³/mol. The molecule has 1 amide bonds. The van der Waals surface area contributed by atoms with E-state index in [-0.39, 0.29) is 18.0 Å². The third-order valence-corrected chi connectivity index (χ3v) is 5.72. The van der Waals surface area contributed by atoms with Gasteiger partial charge in [0.1, 0.15) is 0 Å². The third kappa shape index (κ3) is 5.15. The zero-order valence-electron chi connectivity index (χ0n) is 17.4. The molecule has 0 bridgehead atoms. The van der Waals surface area contributed by atoms with Crippen molar-refractivity contribution in [1.29, 1.82) is 0 Å². The Morgan fingerprint density at radius 3 is 2.43 bits per heavy atom. The first-order chi connectivity index (χ1) is 13.7. The van der Waals surface area contributed by atoms with Crippen LogP contribution in [0.2, 0.25) is 0 Å². The van der Waals surface area contributed by atoms with Gasteiger partial charge in [-0.15, -0.1) is 0 Å². The van der Waals surface area contributed by atoms with Crippen molar-refractivity contribution in [3.63, 3.8) is 0 Å². The normalized spacial score (nSPS) is 18.6. The molecule has 2 atom stereocenters. The van der Waals surface area contributed by atoms with Gasteiger partial charge in [-0.05, 0) is 43.5 Å². The Labute approximate surface area is 170 Å². The molecule has 2 unspecified atom stereocenters. The number of unbranched alkanes of at least 4 members (excludes halogenated alkanes) is 5. The van der Waals surface area contributed by atoms with Crippen LogP contribution in [0.3, 0.4) is 0 Å². The summed E-state index contributed by atoms with van der Waals surface area (Å²) >= 11 is 0. The number of carbonyl (C=O) groups excluding carboxylic acids is 1. The summed E-state index contributed by atoms with van der Waals surface area (Å²) in [6.45, 7) is 4.41. The number of carbonyl (C=O) groups is 1. The number of amides is 1. The van der Waals surface area contributed by atoms with Crippen molar-refractivity contribution in [3.05, 3.63) is 60.2 Å². The molecule has 0 radical (unpaired) electrons. The van der Waals surface area contributed by atoms with Gasteiger partial charge in [-0.25, -0.2) is 0 Å². The first-order valence-corrected chi connectivity index (χ1v) is 10.9. The average Bonchev–Trinajstić information content (AvgIpc) is 2.71. The molecule has 0 aliphatic carbocycles. The van der Waals surface area contributed by atoms with Crippen LogP contribution >= 0.6 is 0 Å². The molecule has 3 nitrogen and oxygen atoms in total. The quantitative estimate of drug-likeness (QED) is 0.491. The van der Waals surface area contributed by atoms with Crippen LogP contribution in [0.5, 0.6) is 0 Å². The maximum atomic E-state index is 13.0. The lowest BCUT2D eigenvalue weighted by atomic mass is 9.91. The molecule has 150 valence electrons. The number of anilines is 2. The average molecular weight is 379 g/mol. The van der Waals surface area contributed by atoms with E-state index in [2.05, 4.69) is 61.6 Å². The van der Waals surface area contributed by atoms with Gasteiger partial charge in [-0.3, -0.25) is 4.79 Å². The van der Waals surface area contributed by atoms with E-state index in [0.29, 0.717) is 6.42 Å². The second-order valence-corrected chi connectivity index (χ2v) is 7.99. The lowest BCUT2D eigenvalue weighted by molar-refractivity contribution is -0.119. The molecule has 0 saturated carbocycles. The third-order valence-electron chi connectivity index (χ3n) is 5.72. The van der Waals surface area contributed by atoms with Gasteiger partial charge in [0.25, 0.3) is 0 Å². The van der Waals surface area contributed by atoms with E-state index in [1.807, 2.05) is 17.0 Å². The van der Waals surface area contributed by atoms with Crippen LogP contribution < -0.4 is 10.2 Å². The number of hydrogen-bond donors (Lipinski definition) is 1. The van der Waals surface area contributed by atoms with Crippen LogP contribution in [0.4, 0.5) is 11.4 Å². The van der Waals surface area contributed by atoms with E-state index in [9.17, 15) is 4.79 Å². The Morgan fingerprint density at radius 1 is 0.964 bits per heavy atom. The Hall–Kier alpha value is -2.29. The first kappa shape index (κ1) is 20.4. The van der Waals surface area contributed by atoms with Gasteiger partial charge in [0.15, 0.2) is 0 Å². The highest BCUT2D eigenvalue weighted by molar-refractivity contribution is 5.95. The van der Waals surface area contributed by atoms with Crippen molar-refractivity contribution in [1.82, 2.24) is 0 Å². The molecular formula is C25H34N2O. The molecule has 0 spiro atoms. The Morgan fingerprint density at radius 2 is 1.64 bits per heavy atom. The van der Waals surface area contributed by atoms with Gasteiger partial charge < -0.3 is 10.2 Å². The molecule has 1 heterocycles. The van der Waals surface area contributed by atoms with Gasteiger partial charge >= 0.3 is 0 Å². The summed E-state index contributed by atoms with van der Waals surface area (Å²) in [5, 5.41) is 3.66. The van der Waals surface area contributed by atoms with Crippen LogP contribution in [0.25, 0.3) is 0 Å². The number of nitrogens with one attached hydrogen (secondary N) is 1. The molecule has 0 saturated heterocycles. The monoisotopic (exact) mass is 378 g/mol. The Balaban J connectivity index is 1.67. The molecule has 1 N–H and O–H groups in total. The van der Waals surface area contributed by atoms with E-state index in [1.165, 1.54) is 31.2 Å². The number of nitrogens with zero attached hydrogens (tertiary/aromatic N) is 1. The van der Waals surface area contributed by atoms with Crippen molar-refractivity contribution >= 4 is 17.3 Å². The van der Waals surface area contributed by atoms with Crippen LogP contribution in [0.1, 0.15) is 76.8 Å². The van der Waals surface area contributed by atoms with Crippen molar-refractivity contribution in [2.75, 3.05) is 10.2 Å². The lowest BCUT2D eigenvalue weighted by Crippen LogP contribution is -2.44. The minimum atomic E-state index is 0.198. The fourth-order valence-corrected chi connectivity index (χ4v) is 4.24. The minimum absolute atomic E-state index is 0.198. The number of benzene rings is 2. The second kappa shape index (κ2) is 10.3. The van der Waals surface area contributed by atoms with Crippen molar-refractivity contribution < 1.29 is 4.79 Å². The maximum absolute atomic E-state index is 13.0. The van der Waals surface area contributed by atoms with Crippen LogP contribution in [-0.4, -0.2) is 11.9 Å². The van der Waals surface area contributed by atoms with E-state index in [4.69, 9.17) is 0 Å². The highest BCUT2D eigenvalue weighted by Crippen LogP contribution is 2.39. The smallest absolute Gasteiger partial charge is 0.227 e. The maximum Gasteiger partial charge on any atom is 0.227 e. The molecule has 0 aromatic heterocycles. The van der Waals surface area contributed by atoms with Gasteiger partial charge in [0.05, 0.1) is 6.04 Å². The molecule has 28 heavy (non-hydrogen) atoms. The number of para-hydroxylation sites is 2. The summed E-state index contributed by atoms with van der Waals surface area (Å²) in [5.74, 6) is 0.272. The number of hydrogen-bond acceptors (Lipinski definition) is 2. The highest BCUT2D eigenvalue weighted by atomic mass is 16.2. The van der Waals surface area contributed by atoms with Gasteiger partial charge in [0.2, 0.25) is 5.91 Å². The summed E-state index contributed by atoms with van der Waals surface area (Å²) in [7, 11) is 0. The number of rotatable bonds is 9. The standard InChI is InChI=1S/C25H34N2O/c1-3-4-5-6-7-11-18-25(28)27-20(2)19-23(22-16-12-13-17-24(22)27)26-21-14-9-8-10-15-21/h8-10,12-17,20,23,26H,3-7,11,18-19H2,1-2H3. The Bertz CT molecular complexity index is 743. The summed E-state index contributed by atoms with van der Waals surface area (Å²) in [4.78, 5) is 15.1. The summed E-state index contributed by atoms with van der Waals surface area (Å²) in [6.07, 6.45) is 8.85. The zero-order valence-corrected chi connectivity index (χ0v) is 17.4. The van der Waals surface area contributed by atoms with Gasteiger partial charge in [-0.1, -0.05) is 75.4 Å². The van der Waals surface area contributed by atoms with Crippen molar-refractivity contribution in [2.24, 2.45) is 0 Å². The van der Waals surface area contributed by atoms with Gasteiger partial charge in [-0.2, -0.15) is 0 Å². The van der Waals surface area contributed by atoms with Crippen molar-refractivity contribution in [2.45, 2.75) is 77.3 Å². The summed E-state index contributed by atoms with van der Waals surface area (Å²) in [5.41, 5.74) is 3.42. The fraction of sp³-hybridized carbons (Fsp3) is 0.480. The summed E-state index contributed by atoms with van der Waals surface area (Å²) in [6, 6.07) is 19.1. The SMILES string of the molecule is CCCCCCCCC(=O)N1c2ccccc2C(Nc2ccccc2)CC1C. The second-order valence-electron chi connectivity index (χ2n) is 7.99. The minimum Gasteiger partial charge on any atom is -0.378 e. The fourth-order valence-electron chi connectivity index (χ4n) is 4.24. The van der Waals surface area contributed by atoms with Crippen molar-refractivity contribution in [3.8, 4) is 0 Å². The van der Waals surface area contributed by atoms with Gasteiger partial charge in [0, 0.05) is 23.8 Å². The zero-order chi connectivity index (χ0) is 19.8. The predicted octanol–water partition coefficient (Wildman–Crippen LogP) is 6.72. The lowest BCUT2D eigenvalue weighted by Gasteiger charge is -2.40. The van der Waals surface area contributed by atoms with E-state index >= 15 is 0 Å². The molecule has 3 heteroatoms. The van der Waals surface area contributed by atoms with Crippen LogP contribution in [-0.2, 0) is 4.79 Å². The molecule has 1 aliphatic rings. The van der Waals surface area contributed by atoms with E-state index in [1.54, 1.807) is 0 Å². The Kier molecular flexibility index (Phi) is 7.53. The number of fused-ring (bicyclic) bond motifs is 1. The molecule has 2 aromatic carbocycles. The molecule has 3 rings (SSSR count). The summed E-state index contributed by atoms with van der Waals surface area (Å²) < 4.78 is 0. The molecule has 2 aromatic rings.